The molecule has 0 spiro atoms. The van der Waals surface area contributed by atoms with E-state index in [1.807, 2.05) is 13.8 Å². The highest BCUT2D eigenvalue weighted by atomic mass is 19.3. The van der Waals surface area contributed by atoms with E-state index in [-0.39, 0.29) is 34.4 Å². The predicted octanol–water partition coefficient (Wildman–Crippen LogP) is 3.47. The number of esters is 1. The SMILES string of the molecule is CC(C)CNC(=O)c1ccccc1NC(=O)COC(=O)c1ccc(OC(F)F)cc1. The van der Waals surface area contributed by atoms with E-state index in [1.165, 1.54) is 24.3 Å². The van der Waals surface area contributed by atoms with Crippen molar-refractivity contribution >= 4 is 23.5 Å². The molecule has 0 atom stereocenters. The first kappa shape index (κ1) is 22.8. The van der Waals surface area contributed by atoms with Gasteiger partial charge in [-0.1, -0.05) is 26.0 Å². The summed E-state index contributed by atoms with van der Waals surface area (Å²) in [6, 6.07) is 11.3. The van der Waals surface area contributed by atoms with Crippen molar-refractivity contribution in [1.82, 2.24) is 5.32 Å². The number of benzene rings is 2. The van der Waals surface area contributed by atoms with E-state index >= 15 is 0 Å². The highest BCUT2D eigenvalue weighted by Gasteiger charge is 2.15. The van der Waals surface area contributed by atoms with E-state index in [0.717, 1.165) is 0 Å². The molecule has 0 aliphatic carbocycles. The molecule has 0 unspecified atom stereocenters. The van der Waals surface area contributed by atoms with Gasteiger partial charge in [-0.15, -0.1) is 0 Å². The van der Waals surface area contributed by atoms with Crippen LogP contribution in [0.1, 0.15) is 34.6 Å². The maximum atomic E-state index is 12.3. The first-order chi connectivity index (χ1) is 14.3. The van der Waals surface area contributed by atoms with Gasteiger partial charge >= 0.3 is 12.6 Å². The molecule has 2 amide bonds. The number of ether oxygens (including phenoxy) is 2. The number of hydrogen-bond donors (Lipinski definition) is 2. The Kier molecular flexibility index (Phi) is 8.28. The Morgan fingerprint density at radius 1 is 1.00 bits per heavy atom. The Bertz CT molecular complexity index is 885. The number of nitrogens with one attached hydrogen (secondary N) is 2. The van der Waals surface area contributed by atoms with Crippen molar-refractivity contribution in [3.05, 3.63) is 59.7 Å². The molecule has 0 radical (unpaired) electrons. The number of halogens is 2. The third-order valence-electron chi connectivity index (χ3n) is 3.77. The standard InChI is InChI=1S/C21H22F2N2O5/c1-13(2)11-24-19(27)16-5-3-4-6-17(16)25-18(26)12-29-20(28)14-7-9-15(10-8-14)30-21(22)23/h3-10,13,21H,11-12H2,1-2H3,(H,24,27)(H,25,26). The molecule has 2 N–H and O–H groups in total. The van der Waals surface area contributed by atoms with Crippen molar-refractivity contribution in [2.45, 2.75) is 20.5 Å². The van der Waals surface area contributed by atoms with Gasteiger partial charge in [0, 0.05) is 6.54 Å². The molecule has 0 saturated heterocycles. The first-order valence-corrected chi connectivity index (χ1v) is 9.15. The van der Waals surface area contributed by atoms with Crippen LogP contribution in [0.5, 0.6) is 5.75 Å². The van der Waals surface area contributed by atoms with Crippen LogP contribution in [-0.2, 0) is 9.53 Å². The maximum Gasteiger partial charge on any atom is 0.387 e. The molecule has 7 nitrogen and oxygen atoms in total. The van der Waals surface area contributed by atoms with Crippen LogP contribution < -0.4 is 15.4 Å². The second-order valence-corrected chi connectivity index (χ2v) is 6.68. The molecular formula is C21H22F2N2O5. The van der Waals surface area contributed by atoms with Gasteiger partial charge in [-0.3, -0.25) is 9.59 Å². The molecule has 0 fully saturated rings. The van der Waals surface area contributed by atoms with Crippen LogP contribution in [0.2, 0.25) is 0 Å². The van der Waals surface area contributed by atoms with E-state index in [1.54, 1.807) is 24.3 Å². The van der Waals surface area contributed by atoms with Crippen LogP contribution in [0.25, 0.3) is 0 Å². The number of carbonyl (C=O) groups is 3. The average Bonchev–Trinajstić information content (AvgIpc) is 2.70. The summed E-state index contributed by atoms with van der Waals surface area (Å²) in [5.41, 5.74) is 0.638. The summed E-state index contributed by atoms with van der Waals surface area (Å²) in [5.74, 6) is -1.61. The van der Waals surface area contributed by atoms with Gasteiger partial charge in [0.1, 0.15) is 5.75 Å². The van der Waals surface area contributed by atoms with E-state index < -0.39 is 25.1 Å². The lowest BCUT2D eigenvalue weighted by atomic mass is 10.1. The minimum absolute atomic E-state index is 0.0675. The molecule has 0 aromatic heterocycles. The molecule has 2 rings (SSSR count). The quantitative estimate of drug-likeness (QED) is 0.606. The molecule has 0 bridgehead atoms. The Morgan fingerprint density at radius 3 is 2.30 bits per heavy atom. The fourth-order valence-electron chi connectivity index (χ4n) is 2.36. The Morgan fingerprint density at radius 2 is 1.67 bits per heavy atom. The molecule has 0 aliphatic heterocycles. The highest BCUT2D eigenvalue weighted by Crippen LogP contribution is 2.17. The fourth-order valence-corrected chi connectivity index (χ4v) is 2.36. The zero-order valence-electron chi connectivity index (χ0n) is 16.5. The van der Waals surface area contributed by atoms with Gasteiger partial charge in [0.15, 0.2) is 6.61 Å². The van der Waals surface area contributed by atoms with Gasteiger partial charge in [-0.05, 0) is 42.3 Å². The molecule has 160 valence electrons. The third kappa shape index (κ3) is 7.16. The summed E-state index contributed by atoms with van der Waals surface area (Å²) in [6.07, 6.45) is 0. The van der Waals surface area contributed by atoms with Gasteiger partial charge in [0.05, 0.1) is 16.8 Å². The lowest BCUT2D eigenvalue weighted by molar-refractivity contribution is -0.119. The molecule has 9 heteroatoms. The summed E-state index contributed by atoms with van der Waals surface area (Å²) in [4.78, 5) is 36.4. The number of hydrogen-bond acceptors (Lipinski definition) is 5. The van der Waals surface area contributed by atoms with Crippen LogP contribution in [-0.4, -0.2) is 37.5 Å². The van der Waals surface area contributed by atoms with Gasteiger partial charge in [-0.2, -0.15) is 8.78 Å². The van der Waals surface area contributed by atoms with Crippen LogP contribution in [0.4, 0.5) is 14.5 Å². The van der Waals surface area contributed by atoms with Crippen molar-refractivity contribution in [2.24, 2.45) is 5.92 Å². The highest BCUT2D eigenvalue weighted by molar-refractivity contribution is 6.04. The van der Waals surface area contributed by atoms with Gasteiger partial charge in [-0.25, -0.2) is 4.79 Å². The Labute approximate surface area is 172 Å². The predicted molar refractivity (Wildman–Crippen MR) is 106 cm³/mol. The summed E-state index contributed by atoms with van der Waals surface area (Å²) >= 11 is 0. The smallest absolute Gasteiger partial charge is 0.387 e. The molecule has 30 heavy (non-hydrogen) atoms. The molecule has 2 aromatic rings. The first-order valence-electron chi connectivity index (χ1n) is 9.15. The largest absolute Gasteiger partial charge is 0.452 e. The number of anilines is 1. The topological polar surface area (TPSA) is 93.7 Å². The van der Waals surface area contributed by atoms with Crippen molar-refractivity contribution in [2.75, 3.05) is 18.5 Å². The molecule has 0 heterocycles. The zero-order chi connectivity index (χ0) is 22.1. The van der Waals surface area contributed by atoms with Crippen molar-refractivity contribution in [3.8, 4) is 5.75 Å². The molecule has 2 aromatic carbocycles. The second kappa shape index (κ2) is 10.9. The number of amides is 2. The average molecular weight is 420 g/mol. The Hall–Kier alpha value is -3.49. The normalized spacial score (nSPS) is 10.6. The number of rotatable bonds is 9. The summed E-state index contributed by atoms with van der Waals surface area (Å²) in [6.45, 7) is 0.848. The fraction of sp³-hybridized carbons (Fsp3) is 0.286. The lowest BCUT2D eigenvalue weighted by Crippen LogP contribution is -2.29. The monoisotopic (exact) mass is 420 g/mol. The van der Waals surface area contributed by atoms with E-state index in [9.17, 15) is 23.2 Å². The summed E-state index contributed by atoms with van der Waals surface area (Å²) in [5, 5.41) is 5.30. The molecule has 0 saturated carbocycles. The lowest BCUT2D eigenvalue weighted by Gasteiger charge is -2.12. The molecular weight excluding hydrogens is 398 g/mol. The van der Waals surface area contributed by atoms with E-state index in [0.29, 0.717) is 6.54 Å². The zero-order valence-corrected chi connectivity index (χ0v) is 16.5. The van der Waals surface area contributed by atoms with Crippen molar-refractivity contribution < 1.29 is 32.6 Å². The van der Waals surface area contributed by atoms with E-state index in [4.69, 9.17) is 4.74 Å². The summed E-state index contributed by atoms with van der Waals surface area (Å²) in [7, 11) is 0. The maximum absolute atomic E-state index is 12.3. The van der Waals surface area contributed by atoms with Crippen LogP contribution in [0.3, 0.4) is 0 Å². The minimum Gasteiger partial charge on any atom is -0.452 e. The van der Waals surface area contributed by atoms with Crippen molar-refractivity contribution in [3.63, 3.8) is 0 Å². The van der Waals surface area contributed by atoms with Gasteiger partial charge < -0.3 is 20.1 Å². The minimum atomic E-state index is -2.97. The van der Waals surface area contributed by atoms with Crippen LogP contribution >= 0.6 is 0 Å². The summed E-state index contributed by atoms with van der Waals surface area (Å²) < 4.78 is 33.4. The van der Waals surface area contributed by atoms with Gasteiger partial charge in [0.2, 0.25) is 0 Å². The number of alkyl halides is 2. The second-order valence-electron chi connectivity index (χ2n) is 6.68. The number of carbonyl (C=O) groups excluding carboxylic acids is 3. The van der Waals surface area contributed by atoms with Crippen molar-refractivity contribution in [1.29, 1.82) is 0 Å². The van der Waals surface area contributed by atoms with Crippen LogP contribution in [0.15, 0.2) is 48.5 Å². The number of para-hydroxylation sites is 1. The Balaban J connectivity index is 1.92. The molecule has 0 aliphatic rings. The third-order valence-corrected chi connectivity index (χ3v) is 3.77. The van der Waals surface area contributed by atoms with Crippen LogP contribution in [0, 0.1) is 5.92 Å². The van der Waals surface area contributed by atoms with E-state index in [2.05, 4.69) is 15.4 Å². The van der Waals surface area contributed by atoms with Gasteiger partial charge in [0.25, 0.3) is 11.8 Å².